The summed E-state index contributed by atoms with van der Waals surface area (Å²) < 4.78 is 12.6. The van der Waals surface area contributed by atoms with E-state index in [0.717, 1.165) is 22.7 Å². The van der Waals surface area contributed by atoms with Crippen LogP contribution in [0, 0.1) is 6.92 Å². The molecular formula is C20H24N4O2. The summed E-state index contributed by atoms with van der Waals surface area (Å²) in [5, 5.41) is 8.99. The first-order valence-electron chi connectivity index (χ1n) is 8.47. The molecule has 6 nitrogen and oxygen atoms in total. The van der Waals surface area contributed by atoms with Gasteiger partial charge >= 0.3 is 0 Å². The van der Waals surface area contributed by atoms with Crippen molar-refractivity contribution in [2.45, 2.75) is 33.1 Å². The number of hydrogen-bond acceptors (Lipinski definition) is 5. The second-order valence-corrected chi connectivity index (χ2v) is 7.16. The highest BCUT2D eigenvalue weighted by Gasteiger charge is 2.24. The number of nitrogens with zero attached hydrogens (tertiary/aromatic N) is 4. The standard InChI is InChI=1S/C20H24N4O2/c1-13-8-7-11-24-18(13)21-17(20(2,3)4)19(24)23-22-15-12-14(25-5)9-10-16(15)26-6/h7-12H,1-6H3. The summed E-state index contributed by atoms with van der Waals surface area (Å²) in [5.74, 6) is 2.06. The Morgan fingerprint density at radius 3 is 2.46 bits per heavy atom. The fraction of sp³-hybridized carbons (Fsp3) is 0.350. The third-order valence-corrected chi connectivity index (χ3v) is 4.17. The minimum Gasteiger partial charge on any atom is -0.497 e. The molecule has 0 aliphatic heterocycles. The predicted molar refractivity (Wildman–Crippen MR) is 102 cm³/mol. The molecule has 0 fully saturated rings. The number of azo groups is 1. The fourth-order valence-corrected chi connectivity index (χ4v) is 2.77. The van der Waals surface area contributed by atoms with E-state index in [0.29, 0.717) is 17.2 Å². The van der Waals surface area contributed by atoms with E-state index in [4.69, 9.17) is 14.5 Å². The number of aromatic nitrogens is 2. The number of imidazole rings is 1. The number of fused-ring (bicyclic) bond motifs is 1. The van der Waals surface area contributed by atoms with E-state index in [1.807, 2.05) is 41.8 Å². The highest BCUT2D eigenvalue weighted by atomic mass is 16.5. The van der Waals surface area contributed by atoms with Crippen LogP contribution in [0.1, 0.15) is 32.0 Å². The van der Waals surface area contributed by atoms with Crippen molar-refractivity contribution in [3.63, 3.8) is 0 Å². The molecule has 1 aromatic carbocycles. The minimum atomic E-state index is -0.161. The Morgan fingerprint density at radius 1 is 1.04 bits per heavy atom. The fourth-order valence-electron chi connectivity index (χ4n) is 2.77. The summed E-state index contributed by atoms with van der Waals surface area (Å²) in [6.07, 6.45) is 1.96. The van der Waals surface area contributed by atoms with Gasteiger partial charge in [0.15, 0.2) is 5.82 Å². The summed E-state index contributed by atoms with van der Waals surface area (Å²) in [5.41, 5.74) is 3.33. The SMILES string of the molecule is COc1ccc(OC)c(N=Nc2c(C(C)(C)C)nc3c(C)cccn23)c1. The van der Waals surface area contributed by atoms with Gasteiger partial charge in [-0.05, 0) is 30.7 Å². The lowest BCUT2D eigenvalue weighted by molar-refractivity contribution is 0.404. The molecule has 3 aromatic rings. The first-order chi connectivity index (χ1) is 12.3. The molecule has 3 rings (SSSR count). The number of ether oxygens (including phenoxy) is 2. The zero-order chi connectivity index (χ0) is 18.9. The highest BCUT2D eigenvalue weighted by molar-refractivity contribution is 5.59. The van der Waals surface area contributed by atoms with Crippen molar-refractivity contribution in [1.29, 1.82) is 0 Å². The molecule has 0 spiro atoms. The molecule has 0 saturated heterocycles. The van der Waals surface area contributed by atoms with E-state index < -0.39 is 0 Å². The molecule has 0 unspecified atom stereocenters. The molecule has 26 heavy (non-hydrogen) atoms. The topological polar surface area (TPSA) is 60.5 Å². The maximum atomic E-state index is 5.39. The van der Waals surface area contributed by atoms with Crippen LogP contribution in [0.4, 0.5) is 11.5 Å². The second-order valence-electron chi connectivity index (χ2n) is 7.16. The van der Waals surface area contributed by atoms with E-state index in [9.17, 15) is 0 Å². The van der Waals surface area contributed by atoms with Gasteiger partial charge in [-0.25, -0.2) is 4.98 Å². The normalized spacial score (nSPS) is 12.1. The van der Waals surface area contributed by atoms with Gasteiger partial charge in [0.25, 0.3) is 0 Å². The molecule has 0 aliphatic rings. The Kier molecular flexibility index (Phi) is 4.68. The van der Waals surface area contributed by atoms with Crippen LogP contribution in [0.2, 0.25) is 0 Å². The van der Waals surface area contributed by atoms with E-state index in [1.165, 1.54) is 0 Å². The maximum Gasteiger partial charge on any atom is 0.183 e. The van der Waals surface area contributed by atoms with Crippen molar-refractivity contribution in [1.82, 2.24) is 9.38 Å². The summed E-state index contributed by atoms with van der Waals surface area (Å²) in [7, 11) is 3.23. The number of hydrogen-bond donors (Lipinski definition) is 0. The first-order valence-corrected chi connectivity index (χ1v) is 8.47. The number of methoxy groups -OCH3 is 2. The van der Waals surface area contributed by atoms with Crippen LogP contribution >= 0.6 is 0 Å². The van der Waals surface area contributed by atoms with Crippen LogP contribution in [-0.2, 0) is 5.41 Å². The molecule has 0 amide bonds. The smallest absolute Gasteiger partial charge is 0.183 e. The third kappa shape index (κ3) is 3.27. The number of pyridine rings is 1. The number of rotatable bonds is 4. The average molecular weight is 352 g/mol. The lowest BCUT2D eigenvalue weighted by atomic mass is 9.92. The summed E-state index contributed by atoms with van der Waals surface area (Å²) in [4.78, 5) is 4.83. The molecule has 0 saturated carbocycles. The monoisotopic (exact) mass is 352 g/mol. The van der Waals surface area contributed by atoms with Gasteiger partial charge < -0.3 is 9.47 Å². The lowest BCUT2D eigenvalue weighted by Gasteiger charge is -2.15. The quantitative estimate of drug-likeness (QED) is 0.593. The largest absolute Gasteiger partial charge is 0.497 e. The van der Waals surface area contributed by atoms with Gasteiger partial charge in [0, 0.05) is 17.7 Å². The van der Waals surface area contributed by atoms with E-state index in [-0.39, 0.29) is 5.41 Å². The molecule has 0 radical (unpaired) electrons. The molecule has 0 N–H and O–H groups in total. The molecule has 2 aromatic heterocycles. The Hall–Kier alpha value is -2.89. The Labute approximate surface area is 153 Å². The Morgan fingerprint density at radius 2 is 1.81 bits per heavy atom. The molecule has 136 valence electrons. The predicted octanol–water partition coefficient (Wildman–Crippen LogP) is 5.37. The molecule has 2 heterocycles. The zero-order valence-corrected chi connectivity index (χ0v) is 16.1. The summed E-state index contributed by atoms with van der Waals surface area (Å²) >= 11 is 0. The van der Waals surface area contributed by atoms with Gasteiger partial charge in [-0.3, -0.25) is 4.40 Å². The summed E-state index contributed by atoms with van der Waals surface area (Å²) in [6.45, 7) is 8.40. The zero-order valence-electron chi connectivity index (χ0n) is 16.1. The Balaban J connectivity index is 2.17. The number of aryl methyl sites for hydroxylation is 1. The van der Waals surface area contributed by atoms with Crippen LogP contribution < -0.4 is 9.47 Å². The van der Waals surface area contributed by atoms with Crippen LogP contribution in [0.25, 0.3) is 5.65 Å². The van der Waals surface area contributed by atoms with Crippen LogP contribution in [-0.4, -0.2) is 23.6 Å². The summed E-state index contributed by atoms with van der Waals surface area (Å²) in [6, 6.07) is 9.47. The van der Waals surface area contributed by atoms with Gasteiger partial charge in [-0.15, -0.1) is 10.2 Å². The van der Waals surface area contributed by atoms with Crippen LogP contribution in [0.5, 0.6) is 11.5 Å². The van der Waals surface area contributed by atoms with Crippen molar-refractivity contribution in [3.8, 4) is 11.5 Å². The van der Waals surface area contributed by atoms with Gasteiger partial charge in [-0.1, -0.05) is 26.8 Å². The second kappa shape index (κ2) is 6.78. The average Bonchev–Trinajstić information content (AvgIpc) is 3.00. The van der Waals surface area contributed by atoms with Crippen molar-refractivity contribution in [3.05, 3.63) is 47.8 Å². The van der Waals surface area contributed by atoms with E-state index in [1.54, 1.807) is 20.3 Å². The Bertz CT molecular complexity index is 968. The van der Waals surface area contributed by atoms with E-state index in [2.05, 4.69) is 31.0 Å². The van der Waals surface area contributed by atoms with Crippen molar-refractivity contribution < 1.29 is 9.47 Å². The van der Waals surface area contributed by atoms with Gasteiger partial charge in [-0.2, -0.15) is 0 Å². The van der Waals surface area contributed by atoms with E-state index >= 15 is 0 Å². The number of benzene rings is 1. The first kappa shape index (κ1) is 17.9. The van der Waals surface area contributed by atoms with Crippen LogP contribution in [0.3, 0.4) is 0 Å². The van der Waals surface area contributed by atoms with Crippen LogP contribution in [0.15, 0.2) is 46.8 Å². The lowest BCUT2D eigenvalue weighted by Crippen LogP contribution is -2.11. The molecule has 6 heteroatoms. The molecule has 0 aliphatic carbocycles. The van der Waals surface area contributed by atoms with Gasteiger partial charge in [0.05, 0.1) is 19.9 Å². The van der Waals surface area contributed by atoms with Gasteiger partial charge in [0.2, 0.25) is 0 Å². The maximum absolute atomic E-state index is 5.39. The van der Waals surface area contributed by atoms with Crippen molar-refractivity contribution in [2.75, 3.05) is 14.2 Å². The highest BCUT2D eigenvalue weighted by Crippen LogP contribution is 2.36. The van der Waals surface area contributed by atoms with Crippen molar-refractivity contribution in [2.24, 2.45) is 10.2 Å². The molecular weight excluding hydrogens is 328 g/mol. The molecule has 0 bridgehead atoms. The van der Waals surface area contributed by atoms with Crippen molar-refractivity contribution >= 4 is 17.2 Å². The third-order valence-electron chi connectivity index (χ3n) is 4.17. The molecule has 0 atom stereocenters. The minimum absolute atomic E-state index is 0.161. The van der Waals surface area contributed by atoms with Gasteiger partial charge in [0.1, 0.15) is 22.8 Å².